The van der Waals surface area contributed by atoms with Gasteiger partial charge in [0.05, 0.1) is 11.4 Å². The van der Waals surface area contributed by atoms with Crippen LogP contribution in [0.1, 0.15) is 25.3 Å². The Kier molecular flexibility index (Phi) is 7.62. The van der Waals surface area contributed by atoms with Crippen LogP contribution in [0.15, 0.2) is 79.1 Å². The summed E-state index contributed by atoms with van der Waals surface area (Å²) in [6.07, 6.45) is -3.32. The van der Waals surface area contributed by atoms with Gasteiger partial charge in [-0.05, 0) is 78.3 Å². The summed E-state index contributed by atoms with van der Waals surface area (Å²) >= 11 is 5.16. The lowest BCUT2D eigenvalue weighted by atomic mass is 10.0. The highest BCUT2D eigenvalue weighted by Crippen LogP contribution is 2.28. The van der Waals surface area contributed by atoms with Crippen LogP contribution in [0.3, 0.4) is 0 Å². The van der Waals surface area contributed by atoms with Gasteiger partial charge in [0.2, 0.25) is 0 Å². The van der Waals surface area contributed by atoms with E-state index in [1.165, 1.54) is 40.2 Å². The molecule has 0 unspecified atom stereocenters. The van der Waals surface area contributed by atoms with E-state index in [9.17, 15) is 18.0 Å². The first-order valence-corrected chi connectivity index (χ1v) is 11.8. The predicted octanol–water partition coefficient (Wildman–Crippen LogP) is 6.24. The van der Waals surface area contributed by atoms with Crippen molar-refractivity contribution >= 4 is 34.7 Å². The van der Waals surface area contributed by atoms with Gasteiger partial charge in [-0.3, -0.25) is 0 Å². The molecule has 0 saturated carbocycles. The second-order valence-corrected chi connectivity index (χ2v) is 8.87. The van der Waals surface area contributed by atoms with Crippen molar-refractivity contribution in [1.82, 2.24) is 14.8 Å². The molecule has 0 aliphatic heterocycles. The number of rotatable bonds is 6. The molecule has 0 aliphatic carbocycles. The van der Waals surface area contributed by atoms with E-state index in [2.05, 4.69) is 20.1 Å². The number of nitrogens with one attached hydrogen (secondary N) is 1. The molecule has 12 heteroatoms. The van der Waals surface area contributed by atoms with E-state index < -0.39 is 12.4 Å². The molecule has 0 atom stereocenters. The summed E-state index contributed by atoms with van der Waals surface area (Å²) in [6.45, 7) is 4.03. The number of anilines is 2. The molecule has 1 aromatic heterocycles. The molecular formula is C26H23F3N6O2S. The molecule has 0 spiro atoms. The number of alkyl halides is 3. The molecule has 3 aromatic carbocycles. The molecule has 196 valence electrons. The van der Waals surface area contributed by atoms with E-state index >= 15 is 0 Å². The number of carbonyl (C=O) groups excluding carboxylic acids is 1. The zero-order valence-electron chi connectivity index (χ0n) is 20.3. The molecule has 8 nitrogen and oxygen atoms in total. The van der Waals surface area contributed by atoms with Crippen LogP contribution in [0.2, 0.25) is 0 Å². The summed E-state index contributed by atoms with van der Waals surface area (Å²) in [5.74, 6) is 0.198. The monoisotopic (exact) mass is 540 g/mol. The highest BCUT2D eigenvalue weighted by atomic mass is 32.1. The van der Waals surface area contributed by atoms with Gasteiger partial charge in [-0.1, -0.05) is 32.0 Å². The minimum Gasteiger partial charge on any atom is -0.406 e. The van der Waals surface area contributed by atoms with E-state index in [1.54, 1.807) is 30.3 Å². The molecule has 2 amide bonds. The average Bonchev–Trinajstić information content (AvgIpc) is 3.34. The van der Waals surface area contributed by atoms with Crippen molar-refractivity contribution in [2.45, 2.75) is 26.1 Å². The van der Waals surface area contributed by atoms with Crippen molar-refractivity contribution in [2.75, 3.05) is 10.2 Å². The number of benzene rings is 3. The fraction of sp³-hybridized carbons (Fsp3) is 0.154. The molecule has 0 radical (unpaired) electrons. The maximum absolute atomic E-state index is 13.1. The Bertz CT molecular complexity index is 1440. The molecule has 4 rings (SSSR count). The topological polar surface area (TPSA) is 98.3 Å². The molecule has 0 aliphatic rings. The third-order valence-corrected chi connectivity index (χ3v) is 5.63. The largest absolute Gasteiger partial charge is 0.573 e. The van der Waals surface area contributed by atoms with Crippen LogP contribution in [0, 0.1) is 0 Å². The summed E-state index contributed by atoms with van der Waals surface area (Å²) in [5.41, 5.74) is 9.10. The number of nitrogens with zero attached hydrogens (tertiary/aromatic N) is 4. The SMILES string of the molecule is CC(C)c1ccccc1N(C(=O)Nc1ccc(-c2ncn(-c3ccc(OC(F)(F)F)cc3)n2)cc1)C(N)=S. The van der Waals surface area contributed by atoms with Crippen LogP contribution in [-0.2, 0) is 0 Å². The van der Waals surface area contributed by atoms with Crippen molar-refractivity contribution < 1.29 is 22.7 Å². The Hall–Kier alpha value is -4.45. The number of thiocarbonyl (C=S) groups is 1. The van der Waals surface area contributed by atoms with Gasteiger partial charge in [0.25, 0.3) is 0 Å². The van der Waals surface area contributed by atoms with Gasteiger partial charge in [-0.2, -0.15) is 0 Å². The van der Waals surface area contributed by atoms with Crippen LogP contribution >= 0.6 is 12.2 Å². The molecule has 0 saturated heterocycles. The number of hydrogen-bond acceptors (Lipinski definition) is 5. The second-order valence-electron chi connectivity index (χ2n) is 8.45. The number of nitrogens with two attached hydrogens (primary N) is 1. The Morgan fingerprint density at radius 3 is 2.32 bits per heavy atom. The minimum atomic E-state index is -4.76. The van der Waals surface area contributed by atoms with E-state index in [4.69, 9.17) is 18.0 Å². The average molecular weight is 541 g/mol. The normalized spacial score (nSPS) is 11.3. The molecule has 0 fully saturated rings. The summed E-state index contributed by atoms with van der Waals surface area (Å²) in [5, 5.41) is 7.09. The Balaban J connectivity index is 1.47. The first-order chi connectivity index (χ1) is 18.0. The number of ether oxygens (including phenoxy) is 1. The summed E-state index contributed by atoms with van der Waals surface area (Å²) in [7, 11) is 0. The van der Waals surface area contributed by atoms with Crippen molar-refractivity contribution in [2.24, 2.45) is 5.73 Å². The quantitative estimate of drug-likeness (QED) is 0.281. The highest BCUT2D eigenvalue weighted by Gasteiger charge is 2.31. The zero-order valence-corrected chi connectivity index (χ0v) is 21.1. The van der Waals surface area contributed by atoms with Crippen LogP contribution in [0.5, 0.6) is 5.75 Å². The van der Waals surface area contributed by atoms with Crippen molar-refractivity contribution in [3.05, 3.63) is 84.7 Å². The number of aromatic nitrogens is 3. The zero-order chi connectivity index (χ0) is 27.4. The standard InChI is InChI=1S/C26H23F3N6O2S/c1-16(2)21-5-3-4-6-22(21)35(24(30)38)25(36)32-18-9-7-17(8-10-18)23-31-15-34(33-23)19-11-13-20(14-12-19)37-26(27,28)29/h3-16H,1-2H3,(H2,30,38)(H,32,36). The van der Waals surface area contributed by atoms with E-state index in [-0.39, 0.29) is 16.8 Å². The molecule has 38 heavy (non-hydrogen) atoms. The van der Waals surface area contributed by atoms with Crippen LogP contribution in [-0.4, -0.2) is 32.3 Å². The van der Waals surface area contributed by atoms with Gasteiger partial charge in [0, 0.05) is 11.3 Å². The molecule has 3 N–H and O–H groups in total. The lowest BCUT2D eigenvalue weighted by Gasteiger charge is -2.25. The van der Waals surface area contributed by atoms with Gasteiger partial charge < -0.3 is 15.8 Å². The number of para-hydroxylation sites is 1. The number of urea groups is 1. The van der Waals surface area contributed by atoms with Crippen LogP contribution in [0.4, 0.5) is 29.3 Å². The summed E-state index contributed by atoms with van der Waals surface area (Å²) in [4.78, 5) is 18.6. The molecular weight excluding hydrogens is 517 g/mol. The third kappa shape index (κ3) is 6.27. The Morgan fingerprint density at radius 1 is 1.05 bits per heavy atom. The van der Waals surface area contributed by atoms with Crippen molar-refractivity contribution in [1.29, 1.82) is 0 Å². The molecule has 4 aromatic rings. The highest BCUT2D eigenvalue weighted by molar-refractivity contribution is 7.80. The van der Waals surface area contributed by atoms with Gasteiger partial charge >= 0.3 is 12.4 Å². The summed E-state index contributed by atoms with van der Waals surface area (Å²) < 4.78 is 42.4. The first kappa shape index (κ1) is 26.6. The van der Waals surface area contributed by atoms with Gasteiger partial charge in [-0.15, -0.1) is 18.3 Å². The third-order valence-electron chi connectivity index (χ3n) is 5.44. The number of hydrogen-bond donors (Lipinski definition) is 2. The Labute approximate surface area is 221 Å². The number of carbonyl (C=O) groups is 1. The molecule has 1 heterocycles. The number of amides is 2. The van der Waals surface area contributed by atoms with Crippen LogP contribution < -0.4 is 20.7 Å². The predicted molar refractivity (Wildman–Crippen MR) is 142 cm³/mol. The maximum Gasteiger partial charge on any atom is 0.573 e. The smallest absolute Gasteiger partial charge is 0.406 e. The van der Waals surface area contributed by atoms with Gasteiger partial charge in [-0.25, -0.2) is 19.4 Å². The fourth-order valence-corrected chi connectivity index (χ4v) is 3.89. The maximum atomic E-state index is 13.1. The lowest BCUT2D eigenvalue weighted by molar-refractivity contribution is -0.274. The first-order valence-electron chi connectivity index (χ1n) is 11.4. The van der Waals surface area contributed by atoms with E-state index in [1.807, 2.05) is 32.0 Å². The molecule has 0 bridgehead atoms. The lowest BCUT2D eigenvalue weighted by Crippen LogP contribution is -2.43. The van der Waals surface area contributed by atoms with Gasteiger partial charge in [0.1, 0.15) is 12.1 Å². The Morgan fingerprint density at radius 2 is 1.71 bits per heavy atom. The van der Waals surface area contributed by atoms with Crippen LogP contribution in [0.25, 0.3) is 17.1 Å². The van der Waals surface area contributed by atoms with Crippen molar-refractivity contribution in [3.8, 4) is 22.8 Å². The number of halogens is 3. The van der Waals surface area contributed by atoms with E-state index in [0.717, 1.165) is 5.56 Å². The second kappa shape index (κ2) is 10.9. The van der Waals surface area contributed by atoms with Crippen molar-refractivity contribution in [3.63, 3.8) is 0 Å². The fourth-order valence-electron chi connectivity index (χ4n) is 3.71. The van der Waals surface area contributed by atoms with Gasteiger partial charge in [0.15, 0.2) is 10.9 Å². The summed E-state index contributed by atoms with van der Waals surface area (Å²) in [6, 6.07) is 19.0. The minimum absolute atomic E-state index is 0.0834. The van der Waals surface area contributed by atoms with E-state index in [0.29, 0.717) is 28.5 Å².